The van der Waals surface area contributed by atoms with Crippen LogP contribution in [-0.4, -0.2) is 11.5 Å². The molecule has 3 heteroatoms. The Morgan fingerprint density at radius 1 is 1.60 bits per heavy atom. The Balaban J connectivity index is 2.75. The lowest BCUT2D eigenvalue weighted by Crippen LogP contribution is -2.02. The lowest BCUT2D eigenvalue weighted by atomic mass is 10.2. The molecule has 1 heterocycles. The summed E-state index contributed by atoms with van der Waals surface area (Å²) in [4.78, 5) is 4.00. The summed E-state index contributed by atoms with van der Waals surface area (Å²) in [6.07, 6.45) is 2.69. The van der Waals surface area contributed by atoms with E-state index in [1.807, 2.05) is 12.1 Å². The summed E-state index contributed by atoms with van der Waals surface area (Å²) in [7, 11) is 0. The lowest BCUT2D eigenvalue weighted by Gasteiger charge is -1.96. The highest BCUT2D eigenvalue weighted by molar-refractivity contribution is 9.10. The molecule has 0 aromatic carbocycles. The third-order valence-corrected chi connectivity index (χ3v) is 1.66. The van der Waals surface area contributed by atoms with Crippen LogP contribution in [0.1, 0.15) is 5.56 Å². The van der Waals surface area contributed by atoms with Gasteiger partial charge in [0.1, 0.15) is 4.60 Å². The van der Waals surface area contributed by atoms with Crippen molar-refractivity contribution < 1.29 is 0 Å². The lowest BCUT2D eigenvalue weighted by molar-refractivity contribution is 0.961. The van der Waals surface area contributed by atoms with Gasteiger partial charge >= 0.3 is 0 Å². The first kappa shape index (κ1) is 7.69. The van der Waals surface area contributed by atoms with E-state index >= 15 is 0 Å². The average Bonchev–Trinajstić information content (AvgIpc) is 1.88. The largest absolute Gasteiger partial charge is 0.330 e. The normalized spacial score (nSPS) is 9.80. The molecule has 1 aromatic heterocycles. The van der Waals surface area contributed by atoms with E-state index in [4.69, 9.17) is 5.73 Å². The van der Waals surface area contributed by atoms with Crippen molar-refractivity contribution in [3.63, 3.8) is 0 Å². The Hall–Kier alpha value is -0.410. The molecule has 0 aliphatic rings. The number of hydrogen-bond donors (Lipinski definition) is 1. The Bertz CT molecular complexity index is 213. The highest BCUT2D eigenvalue weighted by Gasteiger charge is 1.91. The molecular formula is C7H9BrN2. The number of rotatable bonds is 2. The zero-order chi connectivity index (χ0) is 7.40. The van der Waals surface area contributed by atoms with Crippen LogP contribution in [0.5, 0.6) is 0 Å². The predicted octanol–water partition coefficient (Wildman–Crippen LogP) is 1.35. The summed E-state index contributed by atoms with van der Waals surface area (Å²) in [6.45, 7) is 0.691. The monoisotopic (exact) mass is 200 g/mol. The molecule has 0 aliphatic heterocycles. The van der Waals surface area contributed by atoms with E-state index in [1.165, 1.54) is 5.56 Å². The van der Waals surface area contributed by atoms with Gasteiger partial charge in [-0.25, -0.2) is 4.98 Å². The summed E-state index contributed by atoms with van der Waals surface area (Å²) in [5.41, 5.74) is 6.60. The van der Waals surface area contributed by atoms with E-state index in [0.29, 0.717) is 6.54 Å². The smallest absolute Gasteiger partial charge is 0.106 e. The third-order valence-electron chi connectivity index (χ3n) is 1.22. The molecule has 0 atom stereocenters. The summed E-state index contributed by atoms with van der Waals surface area (Å²) < 4.78 is 0.874. The molecule has 2 nitrogen and oxygen atoms in total. The first-order chi connectivity index (χ1) is 4.83. The third kappa shape index (κ3) is 2.08. The van der Waals surface area contributed by atoms with Gasteiger partial charge in [0, 0.05) is 6.20 Å². The van der Waals surface area contributed by atoms with Gasteiger partial charge in [-0.15, -0.1) is 0 Å². The molecule has 0 radical (unpaired) electrons. The highest BCUT2D eigenvalue weighted by atomic mass is 79.9. The van der Waals surface area contributed by atoms with Gasteiger partial charge in [0.2, 0.25) is 0 Å². The van der Waals surface area contributed by atoms with E-state index in [1.54, 1.807) is 6.20 Å². The fourth-order valence-electron chi connectivity index (χ4n) is 0.765. The van der Waals surface area contributed by atoms with Crippen molar-refractivity contribution in [3.05, 3.63) is 28.5 Å². The van der Waals surface area contributed by atoms with Crippen LogP contribution in [0.4, 0.5) is 0 Å². The maximum absolute atomic E-state index is 5.37. The summed E-state index contributed by atoms with van der Waals surface area (Å²) in [5, 5.41) is 0. The van der Waals surface area contributed by atoms with Crippen LogP contribution in [0.25, 0.3) is 0 Å². The van der Waals surface area contributed by atoms with Crippen molar-refractivity contribution in [2.24, 2.45) is 5.73 Å². The maximum Gasteiger partial charge on any atom is 0.106 e. The van der Waals surface area contributed by atoms with Crippen molar-refractivity contribution in [1.82, 2.24) is 4.98 Å². The molecule has 0 saturated carbocycles. The van der Waals surface area contributed by atoms with E-state index in [0.717, 1.165) is 11.0 Å². The first-order valence-electron chi connectivity index (χ1n) is 3.13. The summed E-state index contributed by atoms with van der Waals surface area (Å²) in [6, 6.07) is 3.95. The number of pyridine rings is 1. The molecule has 0 unspecified atom stereocenters. The molecule has 1 aromatic rings. The van der Waals surface area contributed by atoms with Gasteiger partial charge in [0.05, 0.1) is 0 Å². The Kier molecular flexibility index (Phi) is 2.83. The average molecular weight is 201 g/mol. The summed E-state index contributed by atoms with van der Waals surface area (Å²) in [5.74, 6) is 0. The second kappa shape index (κ2) is 3.68. The van der Waals surface area contributed by atoms with Crippen molar-refractivity contribution in [2.75, 3.05) is 6.54 Å². The molecule has 0 fully saturated rings. The standard InChI is InChI=1S/C7H9BrN2/c8-7-5-6(1-3-9)2-4-10-7/h2,4-5H,1,3,9H2. The molecule has 0 bridgehead atoms. The fraction of sp³-hybridized carbons (Fsp3) is 0.286. The minimum atomic E-state index is 0.691. The quantitative estimate of drug-likeness (QED) is 0.733. The van der Waals surface area contributed by atoms with Crippen LogP contribution in [0.2, 0.25) is 0 Å². The van der Waals surface area contributed by atoms with Crippen LogP contribution in [-0.2, 0) is 6.42 Å². The van der Waals surface area contributed by atoms with Gasteiger partial charge < -0.3 is 5.73 Å². The number of nitrogens with two attached hydrogens (primary N) is 1. The van der Waals surface area contributed by atoms with Gasteiger partial charge in [-0.05, 0) is 46.6 Å². The molecule has 0 saturated heterocycles. The highest BCUT2D eigenvalue weighted by Crippen LogP contribution is 2.07. The minimum absolute atomic E-state index is 0.691. The van der Waals surface area contributed by atoms with Crippen LogP contribution in [0.15, 0.2) is 22.9 Å². The van der Waals surface area contributed by atoms with Gasteiger partial charge in [-0.2, -0.15) is 0 Å². The molecular weight excluding hydrogens is 192 g/mol. The number of nitrogens with zero attached hydrogens (tertiary/aromatic N) is 1. The van der Waals surface area contributed by atoms with E-state index in [9.17, 15) is 0 Å². The van der Waals surface area contributed by atoms with Crippen LogP contribution in [0, 0.1) is 0 Å². The van der Waals surface area contributed by atoms with Crippen LogP contribution < -0.4 is 5.73 Å². The van der Waals surface area contributed by atoms with Gasteiger partial charge in [-0.1, -0.05) is 0 Å². The molecule has 0 spiro atoms. The second-order valence-corrected chi connectivity index (χ2v) is 2.84. The minimum Gasteiger partial charge on any atom is -0.330 e. The SMILES string of the molecule is NCCc1ccnc(Br)c1. The molecule has 10 heavy (non-hydrogen) atoms. The van der Waals surface area contributed by atoms with Gasteiger partial charge in [0.25, 0.3) is 0 Å². The zero-order valence-corrected chi connectivity index (χ0v) is 7.13. The Morgan fingerprint density at radius 3 is 3.00 bits per heavy atom. The first-order valence-corrected chi connectivity index (χ1v) is 3.92. The number of halogens is 1. The number of hydrogen-bond acceptors (Lipinski definition) is 2. The van der Waals surface area contributed by atoms with Crippen molar-refractivity contribution in [2.45, 2.75) is 6.42 Å². The van der Waals surface area contributed by atoms with Crippen molar-refractivity contribution >= 4 is 15.9 Å². The zero-order valence-electron chi connectivity index (χ0n) is 5.55. The predicted molar refractivity (Wildman–Crippen MR) is 44.7 cm³/mol. The Morgan fingerprint density at radius 2 is 2.40 bits per heavy atom. The number of aromatic nitrogens is 1. The molecule has 1 rings (SSSR count). The van der Waals surface area contributed by atoms with E-state index in [-0.39, 0.29) is 0 Å². The van der Waals surface area contributed by atoms with Crippen LogP contribution >= 0.6 is 15.9 Å². The summed E-state index contributed by atoms with van der Waals surface area (Å²) >= 11 is 3.28. The van der Waals surface area contributed by atoms with Gasteiger partial charge in [0.15, 0.2) is 0 Å². The van der Waals surface area contributed by atoms with Crippen molar-refractivity contribution in [3.8, 4) is 0 Å². The van der Waals surface area contributed by atoms with E-state index < -0.39 is 0 Å². The van der Waals surface area contributed by atoms with Crippen LogP contribution in [0.3, 0.4) is 0 Å². The molecule has 54 valence electrons. The molecule has 0 amide bonds. The molecule has 2 N–H and O–H groups in total. The second-order valence-electron chi connectivity index (χ2n) is 2.03. The molecule has 0 aliphatic carbocycles. The topological polar surface area (TPSA) is 38.9 Å². The fourth-order valence-corrected chi connectivity index (χ4v) is 1.18. The van der Waals surface area contributed by atoms with E-state index in [2.05, 4.69) is 20.9 Å². The van der Waals surface area contributed by atoms with Crippen molar-refractivity contribution in [1.29, 1.82) is 0 Å². The maximum atomic E-state index is 5.37. The van der Waals surface area contributed by atoms with Gasteiger partial charge in [-0.3, -0.25) is 0 Å². The Labute approximate surface area is 68.6 Å².